The van der Waals surface area contributed by atoms with Crippen LogP contribution in [0.4, 0.5) is 0 Å². The molecule has 3 aromatic rings. The number of fused-ring (bicyclic) bond motifs is 2. The summed E-state index contributed by atoms with van der Waals surface area (Å²) >= 11 is 0. The van der Waals surface area contributed by atoms with Crippen LogP contribution in [0, 0.1) is 17.8 Å². The second-order valence-electron chi connectivity index (χ2n) is 14.8. The first-order valence-corrected chi connectivity index (χ1v) is 20.2. The van der Waals surface area contributed by atoms with Crippen molar-refractivity contribution < 1.29 is 156 Å². The molecule has 3 amide bonds. The smallest absolute Gasteiger partial charge is 0.790 e. The number of carbonyl (C=O) groups excluding carboxylic acids is 3. The largest absolute Gasteiger partial charge is 1.00 e. The number of hydrogen-bond acceptors (Lipinski definition) is 11. The van der Waals surface area contributed by atoms with E-state index in [9.17, 15) is 44.1 Å². The van der Waals surface area contributed by atoms with Gasteiger partial charge in [0, 0.05) is 5.39 Å². The number of ether oxygens (including phenoxy) is 1. The summed E-state index contributed by atoms with van der Waals surface area (Å²) < 4.78 is 22.0. The Morgan fingerprint density at radius 2 is 1.51 bits per heavy atom. The zero-order valence-corrected chi connectivity index (χ0v) is 40.3. The summed E-state index contributed by atoms with van der Waals surface area (Å²) in [7, 11) is -5.64. The fraction of sp³-hybridized carbons (Fsp3) is 0.475. The van der Waals surface area contributed by atoms with Crippen LogP contribution in [-0.2, 0) is 23.5 Å². The molecule has 1 saturated carbocycles. The number of carbonyl (C=O) groups is 3. The van der Waals surface area contributed by atoms with Crippen LogP contribution in [0.15, 0.2) is 72.5 Å². The van der Waals surface area contributed by atoms with Gasteiger partial charge in [-0.15, -0.1) is 0 Å². The number of phosphoric acid groups is 1. The third kappa shape index (κ3) is 14.0. The van der Waals surface area contributed by atoms with Crippen LogP contribution in [0.3, 0.4) is 0 Å². The first-order chi connectivity index (χ1) is 26.1. The van der Waals surface area contributed by atoms with Crippen molar-refractivity contribution in [3.8, 4) is 5.75 Å². The second kappa shape index (κ2) is 23.3. The van der Waals surface area contributed by atoms with Gasteiger partial charge in [0.05, 0.1) is 32.0 Å². The zero-order chi connectivity index (χ0) is 39.9. The molecule has 0 radical (unpaired) electrons. The summed E-state index contributed by atoms with van der Waals surface area (Å²) in [6.07, 6.45) is 1.07. The summed E-state index contributed by atoms with van der Waals surface area (Å²) in [6.45, 7) is 3.94. The zero-order valence-electron chi connectivity index (χ0n) is 33.1. The van der Waals surface area contributed by atoms with Gasteiger partial charge in [-0.25, -0.2) is 0 Å². The number of nitrogens with one attached hydrogen (secondary N) is 3. The maximum atomic E-state index is 14.0. The Bertz CT molecular complexity index is 1900. The van der Waals surface area contributed by atoms with Crippen molar-refractivity contribution in [2.45, 2.75) is 95.7 Å². The predicted molar refractivity (Wildman–Crippen MR) is 201 cm³/mol. The molecule has 2 aliphatic carbocycles. The van der Waals surface area contributed by atoms with Crippen LogP contribution in [0.2, 0.25) is 0 Å². The molecule has 0 aliphatic heterocycles. The summed E-state index contributed by atoms with van der Waals surface area (Å²) in [5.41, 5.74) is 1.40. The van der Waals surface area contributed by atoms with E-state index in [0.29, 0.717) is 11.3 Å². The Balaban J connectivity index is 0.00000435. The number of rotatable bonds is 17. The van der Waals surface area contributed by atoms with Gasteiger partial charge in [-0.1, -0.05) is 107 Å². The SMILES string of the molecule is CC(OP(=O)([O-])[O-])[C@H](NC(=O)COc1cccc2ccccc12)C(=O)N[C@@H](CC1CCCCC1)[C@H](O)[C@@H](O)[C@@H](C(=O)N[C@H]1C(O)=Cc2ccccc21)C(C)C.[K+].[K+]. The molecule has 6 N–H and O–H groups in total. The molecular formula is C40H50K2N3O11P. The summed E-state index contributed by atoms with van der Waals surface area (Å²) in [5.74, 6) is -3.83. The van der Waals surface area contributed by atoms with Crippen LogP contribution in [0.1, 0.15) is 76.5 Å². The van der Waals surface area contributed by atoms with Crippen molar-refractivity contribution in [1.82, 2.24) is 16.0 Å². The fourth-order valence-electron chi connectivity index (χ4n) is 7.68. The van der Waals surface area contributed by atoms with Crippen molar-refractivity contribution in [3.63, 3.8) is 0 Å². The number of phosphoric ester groups is 1. The van der Waals surface area contributed by atoms with E-state index in [0.717, 1.165) is 55.4 Å². The minimum Gasteiger partial charge on any atom is -0.790 e. The number of amides is 3. The normalized spacial score (nSPS) is 18.7. The van der Waals surface area contributed by atoms with Gasteiger partial charge in [0.2, 0.25) is 11.8 Å². The maximum absolute atomic E-state index is 14.0. The predicted octanol–water partition coefficient (Wildman–Crippen LogP) is -2.84. The molecule has 298 valence electrons. The first-order valence-electron chi connectivity index (χ1n) is 18.7. The molecular weight excluding hydrogens is 808 g/mol. The van der Waals surface area contributed by atoms with Crippen LogP contribution in [0.5, 0.6) is 5.75 Å². The van der Waals surface area contributed by atoms with Crippen molar-refractivity contribution in [3.05, 3.63) is 83.6 Å². The molecule has 0 bridgehead atoms. The summed E-state index contributed by atoms with van der Waals surface area (Å²) in [6, 6.07) is 16.0. The molecule has 2 aliphatic rings. The van der Waals surface area contributed by atoms with Crippen LogP contribution >= 0.6 is 7.82 Å². The van der Waals surface area contributed by atoms with E-state index in [1.807, 2.05) is 24.3 Å². The second-order valence-corrected chi connectivity index (χ2v) is 15.9. The third-order valence-corrected chi connectivity index (χ3v) is 11.0. The van der Waals surface area contributed by atoms with Gasteiger partial charge >= 0.3 is 103 Å². The van der Waals surface area contributed by atoms with Gasteiger partial charge in [0.15, 0.2) is 6.61 Å². The van der Waals surface area contributed by atoms with Gasteiger partial charge in [-0.2, -0.15) is 0 Å². The Kier molecular flexibility index (Phi) is 20.5. The molecule has 17 heteroatoms. The number of hydrogen-bond donors (Lipinski definition) is 6. The van der Waals surface area contributed by atoms with Gasteiger partial charge < -0.3 is 54.9 Å². The molecule has 1 fully saturated rings. The van der Waals surface area contributed by atoms with E-state index in [1.165, 1.54) is 0 Å². The molecule has 0 saturated heterocycles. The van der Waals surface area contributed by atoms with E-state index in [4.69, 9.17) is 4.74 Å². The van der Waals surface area contributed by atoms with E-state index >= 15 is 0 Å². The van der Waals surface area contributed by atoms with Crippen LogP contribution in [-0.4, -0.2) is 70.0 Å². The van der Waals surface area contributed by atoms with Gasteiger partial charge in [-0.3, -0.25) is 14.4 Å². The molecule has 0 aromatic heterocycles. The van der Waals surface area contributed by atoms with Crippen LogP contribution in [0.25, 0.3) is 16.8 Å². The number of benzene rings is 3. The average Bonchev–Trinajstić information content (AvgIpc) is 3.45. The summed E-state index contributed by atoms with van der Waals surface area (Å²) in [4.78, 5) is 64.3. The van der Waals surface area contributed by atoms with Crippen molar-refractivity contribution in [1.29, 1.82) is 0 Å². The number of aliphatic hydroxyl groups excluding tert-OH is 3. The van der Waals surface area contributed by atoms with Crippen molar-refractivity contribution >= 4 is 42.4 Å². The quantitative estimate of drug-likeness (QED) is 0.0599. The topological polar surface area (TPSA) is 230 Å². The summed E-state index contributed by atoms with van der Waals surface area (Å²) in [5, 5.41) is 43.6. The molecule has 57 heavy (non-hydrogen) atoms. The van der Waals surface area contributed by atoms with E-state index in [-0.39, 0.29) is 121 Å². The Hall–Kier alpha value is -1.03. The minimum absolute atomic E-state index is 0. The van der Waals surface area contributed by atoms with E-state index in [1.54, 1.807) is 62.4 Å². The van der Waals surface area contributed by atoms with Crippen molar-refractivity contribution in [2.24, 2.45) is 17.8 Å². The molecule has 7 atom stereocenters. The third-order valence-electron chi connectivity index (χ3n) is 10.5. The molecule has 0 spiro atoms. The maximum Gasteiger partial charge on any atom is 1.00 e. The van der Waals surface area contributed by atoms with Gasteiger partial charge in [-0.05, 0) is 53.8 Å². The van der Waals surface area contributed by atoms with Gasteiger partial charge in [0.25, 0.3) is 5.91 Å². The first kappa shape index (κ1) is 50.3. The minimum atomic E-state index is -5.64. The molecule has 5 rings (SSSR count). The Labute approximate surface area is 418 Å². The van der Waals surface area contributed by atoms with Gasteiger partial charge in [0.1, 0.15) is 29.7 Å². The monoisotopic (exact) mass is 857 g/mol. The average molecular weight is 858 g/mol. The molecule has 0 heterocycles. The Morgan fingerprint density at radius 3 is 2.19 bits per heavy atom. The fourth-order valence-corrected chi connectivity index (χ4v) is 8.21. The molecule has 14 nitrogen and oxygen atoms in total. The van der Waals surface area contributed by atoms with E-state index < -0.39 is 80.4 Å². The molecule has 3 aromatic carbocycles. The molecule has 1 unspecified atom stereocenters. The Morgan fingerprint density at radius 1 is 0.860 bits per heavy atom. The number of aliphatic hydroxyl groups is 3. The van der Waals surface area contributed by atoms with Crippen LogP contribution < -0.4 is 133 Å². The van der Waals surface area contributed by atoms with Crippen molar-refractivity contribution in [2.75, 3.05) is 6.61 Å². The standard InChI is InChI=1S/C40H52N3O11P.2K/c1-23(2)34(39(48)43-36-29-18-10-8-15-27(29)21-31(36)44)38(47)37(46)30(20-25-12-5-4-6-13-25)41-40(49)35(24(3)54-55(50,51)52)42-33(45)22-53-32-19-11-16-26-14-7-9-17-28(26)32;;/h7-11,14-19,21,23-25,30,34-38,44,46-47H,4-6,12-13,20,22H2,1-3H3,(H,41,49)(H,42,45)(H,43,48)(H2,50,51,52);;/q;2*+1/p-2/t24?,30-,34-,35-,36+,37-,38-;;/m0../s1. The van der Waals surface area contributed by atoms with E-state index in [2.05, 4.69) is 20.5 Å².